The molecule has 0 spiro atoms. The van der Waals surface area contributed by atoms with E-state index < -0.39 is 17.0 Å². The monoisotopic (exact) mass is 407 g/mol. The van der Waals surface area contributed by atoms with Gasteiger partial charge in [-0.25, -0.2) is 13.8 Å². The lowest BCUT2D eigenvalue weighted by Gasteiger charge is -2.25. The van der Waals surface area contributed by atoms with Crippen LogP contribution in [-0.4, -0.2) is 22.0 Å². The maximum Gasteiger partial charge on any atom is 0.223 e. The largest absolute Gasteiger partial charge is 0.355 e. The predicted molar refractivity (Wildman–Crippen MR) is 110 cm³/mol. The Hall–Kier alpha value is -3.02. The van der Waals surface area contributed by atoms with E-state index in [0.717, 1.165) is 30.0 Å². The zero-order chi connectivity index (χ0) is 20.7. The smallest absolute Gasteiger partial charge is 0.223 e. The second-order valence-electron chi connectivity index (χ2n) is 8.38. The molecule has 1 aliphatic heterocycles. The van der Waals surface area contributed by atoms with E-state index in [0.29, 0.717) is 19.3 Å². The van der Waals surface area contributed by atoms with Crippen molar-refractivity contribution in [1.29, 1.82) is 0 Å². The number of hydrogen-bond donors (Lipinski definition) is 1. The Morgan fingerprint density at radius 2 is 1.83 bits per heavy atom. The van der Waals surface area contributed by atoms with E-state index in [1.165, 1.54) is 18.2 Å². The number of nitrogens with one attached hydrogen (secondary N) is 1. The van der Waals surface area contributed by atoms with Crippen LogP contribution in [0.4, 0.5) is 8.78 Å². The first-order valence-corrected chi connectivity index (χ1v) is 10.4. The summed E-state index contributed by atoms with van der Waals surface area (Å²) in [5.74, 6) is -0.337. The highest BCUT2D eigenvalue weighted by atomic mass is 19.1. The van der Waals surface area contributed by atoms with E-state index in [9.17, 15) is 13.6 Å². The number of carbonyl (C=O) groups is 1. The Morgan fingerprint density at radius 1 is 1.10 bits per heavy atom. The van der Waals surface area contributed by atoms with Crippen LogP contribution < -0.4 is 5.32 Å². The summed E-state index contributed by atoms with van der Waals surface area (Å²) in [6.45, 7) is 0.999. The second kappa shape index (κ2) is 7.35. The number of rotatable bonds is 5. The zero-order valence-corrected chi connectivity index (χ0v) is 16.6. The quantitative estimate of drug-likeness (QED) is 0.688. The number of nitrogens with zero attached hydrogens (tertiary/aromatic N) is 2. The van der Waals surface area contributed by atoms with Crippen LogP contribution >= 0.6 is 0 Å². The van der Waals surface area contributed by atoms with Gasteiger partial charge in [0.05, 0.1) is 0 Å². The summed E-state index contributed by atoms with van der Waals surface area (Å²) in [5.41, 5.74) is 1.61. The summed E-state index contributed by atoms with van der Waals surface area (Å²) in [7, 11) is 0. The van der Waals surface area contributed by atoms with Gasteiger partial charge in [-0.2, -0.15) is 0 Å². The molecule has 0 radical (unpaired) electrons. The number of aromatic nitrogens is 2. The number of carbonyl (C=O) groups excluding carboxylic acids is 1. The zero-order valence-electron chi connectivity index (χ0n) is 16.6. The first kappa shape index (κ1) is 19.0. The number of hydrogen-bond acceptors (Lipinski definition) is 2. The van der Waals surface area contributed by atoms with Crippen LogP contribution in [0.15, 0.2) is 54.7 Å². The van der Waals surface area contributed by atoms with Crippen molar-refractivity contribution in [2.45, 2.75) is 37.6 Å². The van der Waals surface area contributed by atoms with Crippen molar-refractivity contribution >= 4 is 5.91 Å². The molecule has 1 aliphatic carbocycles. The van der Waals surface area contributed by atoms with Crippen molar-refractivity contribution in [1.82, 2.24) is 14.9 Å². The highest BCUT2D eigenvalue weighted by Gasteiger charge is 2.48. The summed E-state index contributed by atoms with van der Waals surface area (Å²) in [4.78, 5) is 17.4. The normalized spacial score (nSPS) is 19.2. The summed E-state index contributed by atoms with van der Waals surface area (Å²) >= 11 is 0. The van der Waals surface area contributed by atoms with E-state index in [4.69, 9.17) is 0 Å². The topological polar surface area (TPSA) is 46.9 Å². The van der Waals surface area contributed by atoms with Crippen molar-refractivity contribution in [2.24, 2.45) is 5.92 Å². The molecule has 1 aromatic heterocycles. The van der Waals surface area contributed by atoms with Gasteiger partial charge in [-0.05, 0) is 31.4 Å². The summed E-state index contributed by atoms with van der Waals surface area (Å²) in [6, 6.07) is 14.0. The average Bonchev–Trinajstić information content (AvgIpc) is 3.41. The minimum Gasteiger partial charge on any atom is -0.355 e. The molecule has 3 aromatic rings. The van der Waals surface area contributed by atoms with Gasteiger partial charge in [-0.3, -0.25) is 4.79 Å². The van der Waals surface area contributed by atoms with Crippen LogP contribution in [0.3, 0.4) is 0 Å². The van der Waals surface area contributed by atoms with Crippen LogP contribution in [-0.2, 0) is 23.2 Å². The first-order valence-electron chi connectivity index (χ1n) is 10.4. The molecule has 1 atom stereocenters. The van der Waals surface area contributed by atoms with E-state index in [1.54, 1.807) is 0 Å². The predicted octanol–water partition coefficient (Wildman–Crippen LogP) is 4.24. The van der Waals surface area contributed by atoms with Crippen LogP contribution in [0.2, 0.25) is 0 Å². The van der Waals surface area contributed by atoms with Crippen molar-refractivity contribution in [2.75, 3.05) is 6.54 Å². The third kappa shape index (κ3) is 3.30. The molecule has 1 saturated carbocycles. The van der Waals surface area contributed by atoms with Crippen LogP contribution in [0, 0.1) is 17.6 Å². The molecule has 0 saturated heterocycles. The number of amides is 1. The van der Waals surface area contributed by atoms with Crippen LogP contribution in [0.25, 0.3) is 11.4 Å². The highest BCUT2D eigenvalue weighted by Crippen LogP contribution is 2.49. The summed E-state index contributed by atoms with van der Waals surface area (Å²) in [6.07, 6.45) is 4.55. The lowest BCUT2D eigenvalue weighted by atomic mass is 9.92. The summed E-state index contributed by atoms with van der Waals surface area (Å²) in [5, 5.41) is 2.98. The molecule has 2 heterocycles. The Balaban J connectivity index is 1.26. The minimum absolute atomic E-state index is 0.0493. The van der Waals surface area contributed by atoms with Gasteiger partial charge in [0.2, 0.25) is 5.91 Å². The van der Waals surface area contributed by atoms with Crippen molar-refractivity contribution in [3.63, 3.8) is 0 Å². The average molecular weight is 407 g/mol. The van der Waals surface area contributed by atoms with Crippen molar-refractivity contribution in [3.8, 4) is 11.4 Å². The van der Waals surface area contributed by atoms with Crippen molar-refractivity contribution < 1.29 is 13.6 Å². The molecule has 2 aliphatic rings. The molecule has 2 aromatic carbocycles. The SMILES string of the molecule is O=C(NCC1(c2c(F)cccc2F)CC1)C1CCn2c(cnc2-c2ccccc2)C1. The molecule has 154 valence electrons. The third-order valence-corrected chi connectivity index (χ3v) is 6.45. The van der Waals surface area contributed by atoms with E-state index in [-0.39, 0.29) is 23.9 Å². The summed E-state index contributed by atoms with van der Waals surface area (Å²) < 4.78 is 30.6. The maximum atomic E-state index is 14.2. The highest BCUT2D eigenvalue weighted by molar-refractivity contribution is 5.79. The Morgan fingerprint density at radius 3 is 2.53 bits per heavy atom. The molecule has 6 heteroatoms. The molecule has 1 unspecified atom stereocenters. The Labute approximate surface area is 173 Å². The first-order chi connectivity index (χ1) is 14.6. The van der Waals surface area contributed by atoms with E-state index in [2.05, 4.69) is 14.9 Å². The van der Waals surface area contributed by atoms with Crippen LogP contribution in [0.1, 0.15) is 30.5 Å². The lowest BCUT2D eigenvalue weighted by Crippen LogP contribution is -2.39. The molecule has 1 N–H and O–H groups in total. The minimum atomic E-state index is -0.609. The standard InChI is InChI=1S/C24H23F2N3O/c25-19-7-4-8-20(26)21(19)24(10-11-24)15-28-23(30)17-9-12-29-18(13-17)14-27-22(29)16-5-2-1-3-6-16/h1-8,14,17H,9-13,15H2,(H,28,30). The molecule has 5 rings (SSSR count). The molecule has 0 bridgehead atoms. The number of imidazole rings is 1. The molecule has 4 nitrogen and oxygen atoms in total. The third-order valence-electron chi connectivity index (χ3n) is 6.45. The second-order valence-corrected chi connectivity index (χ2v) is 8.38. The fraction of sp³-hybridized carbons (Fsp3) is 0.333. The van der Waals surface area contributed by atoms with Gasteiger partial charge >= 0.3 is 0 Å². The number of fused-ring (bicyclic) bond motifs is 1. The van der Waals surface area contributed by atoms with Crippen LogP contribution in [0.5, 0.6) is 0 Å². The van der Waals surface area contributed by atoms with Gasteiger partial charge in [0, 0.05) is 53.9 Å². The molecule has 30 heavy (non-hydrogen) atoms. The maximum absolute atomic E-state index is 14.2. The van der Waals surface area contributed by atoms with Gasteiger partial charge in [-0.1, -0.05) is 36.4 Å². The van der Waals surface area contributed by atoms with Gasteiger partial charge in [0.1, 0.15) is 17.5 Å². The van der Waals surface area contributed by atoms with Gasteiger partial charge in [-0.15, -0.1) is 0 Å². The lowest BCUT2D eigenvalue weighted by molar-refractivity contribution is -0.125. The molecule has 1 fully saturated rings. The molecular formula is C24H23F2N3O. The van der Waals surface area contributed by atoms with E-state index in [1.807, 2.05) is 36.5 Å². The molecule has 1 amide bonds. The number of benzene rings is 2. The fourth-order valence-electron chi connectivity index (χ4n) is 4.58. The fourth-order valence-corrected chi connectivity index (χ4v) is 4.58. The van der Waals surface area contributed by atoms with Gasteiger partial charge in [0.25, 0.3) is 0 Å². The Kier molecular flexibility index (Phi) is 4.65. The Bertz CT molecular complexity index is 1070. The van der Waals surface area contributed by atoms with Gasteiger partial charge in [0.15, 0.2) is 0 Å². The van der Waals surface area contributed by atoms with E-state index >= 15 is 0 Å². The van der Waals surface area contributed by atoms with Crippen molar-refractivity contribution in [3.05, 3.63) is 77.6 Å². The molecular weight excluding hydrogens is 384 g/mol. The number of halogens is 2. The van der Waals surface area contributed by atoms with Gasteiger partial charge < -0.3 is 9.88 Å².